The van der Waals surface area contributed by atoms with Gasteiger partial charge in [-0.15, -0.1) is 0 Å². The van der Waals surface area contributed by atoms with Gasteiger partial charge in [0.15, 0.2) is 5.94 Å². The highest BCUT2D eigenvalue weighted by Crippen LogP contribution is 2.43. The fraction of sp³-hybridized carbons (Fsp3) is 0.370. The first-order valence-corrected chi connectivity index (χ1v) is 12.0. The normalized spacial score (nSPS) is 17.8. The number of allylic oxidation sites excluding steroid dienone is 1. The summed E-state index contributed by atoms with van der Waals surface area (Å²) in [7, 11) is 1.64. The molecule has 2 aliphatic heterocycles. The number of nitrogens with one attached hydrogen (secondary N) is 2. The first kappa shape index (κ1) is 22.3. The third-order valence-electron chi connectivity index (χ3n) is 6.74. The fourth-order valence-corrected chi connectivity index (χ4v) is 4.67. The second-order valence-electron chi connectivity index (χ2n) is 9.10. The molecule has 2 aromatic rings. The number of hydrogen-bond donors (Lipinski definition) is 2. The number of amides is 1. The number of hydrogen-bond acceptors (Lipinski definition) is 6. The lowest BCUT2D eigenvalue weighted by Gasteiger charge is -2.27. The minimum absolute atomic E-state index is 0.137. The predicted molar refractivity (Wildman–Crippen MR) is 133 cm³/mol. The van der Waals surface area contributed by atoms with Crippen molar-refractivity contribution in [3.8, 4) is 0 Å². The predicted octanol–water partition coefficient (Wildman–Crippen LogP) is 3.94. The molecule has 1 saturated carbocycles. The summed E-state index contributed by atoms with van der Waals surface area (Å²) in [4.78, 5) is 35.1. The number of rotatable bonds is 6. The largest absolute Gasteiger partial charge is 0.354 e. The van der Waals surface area contributed by atoms with Gasteiger partial charge in [-0.05, 0) is 66.2 Å². The zero-order valence-electron chi connectivity index (χ0n) is 19.6. The number of anilines is 1. The Bertz CT molecular complexity index is 1250. The van der Waals surface area contributed by atoms with Crippen molar-refractivity contribution >= 4 is 29.2 Å². The molecule has 174 valence electrons. The number of fused-ring (bicyclic) bond motifs is 1. The number of nitrogens with zero attached hydrogens (tertiary/aromatic N) is 3. The molecule has 34 heavy (non-hydrogen) atoms. The molecule has 7 heteroatoms. The van der Waals surface area contributed by atoms with Crippen LogP contribution in [0.15, 0.2) is 41.7 Å². The van der Waals surface area contributed by atoms with Gasteiger partial charge in [-0.3, -0.25) is 14.7 Å². The van der Waals surface area contributed by atoms with Crippen LogP contribution in [-0.4, -0.2) is 46.9 Å². The maximum absolute atomic E-state index is 12.0. The topological polar surface area (TPSA) is 87.2 Å². The van der Waals surface area contributed by atoms with Gasteiger partial charge in [-0.25, -0.2) is 9.78 Å². The first-order valence-electron chi connectivity index (χ1n) is 12.0. The Kier molecular flexibility index (Phi) is 6.14. The monoisotopic (exact) mass is 455 g/mol. The first-order chi connectivity index (χ1) is 16.6. The molecule has 2 N–H and O–H groups in total. The molecule has 2 aromatic heterocycles. The summed E-state index contributed by atoms with van der Waals surface area (Å²) >= 11 is 0. The van der Waals surface area contributed by atoms with Gasteiger partial charge in [0.2, 0.25) is 0 Å². The molecule has 0 radical (unpaired) electrons. The Hall–Kier alpha value is -3.54. The zero-order chi connectivity index (χ0) is 23.7. The molecule has 1 amide bonds. The summed E-state index contributed by atoms with van der Waals surface area (Å²) in [6.07, 6.45) is 10.2. The fourth-order valence-electron chi connectivity index (χ4n) is 4.67. The maximum Gasteiger partial charge on any atom is 0.269 e. The van der Waals surface area contributed by atoms with E-state index in [0.29, 0.717) is 17.3 Å². The van der Waals surface area contributed by atoms with Crippen molar-refractivity contribution < 1.29 is 9.59 Å². The van der Waals surface area contributed by atoms with E-state index in [1.807, 2.05) is 31.2 Å². The Morgan fingerprint density at radius 3 is 2.85 bits per heavy atom. The highest BCUT2D eigenvalue weighted by molar-refractivity contribution is 5.92. The standard InChI is InChI=1S/C27H29N5O2/c1-3-18-13-23-24(30-25(18)16-33)12-17(14-29-23)15-32-10-8-19(9-11-32)21-6-7-22(27(34)28-2)31-26(21)20-4-5-20/h6-8,12-14,20,30H,3-5,9-11,15H2,1-2H3,(H,28,34). The number of aromatic nitrogens is 2. The molecule has 4 heterocycles. The third kappa shape index (κ3) is 4.45. The molecule has 0 aromatic carbocycles. The van der Waals surface area contributed by atoms with E-state index < -0.39 is 0 Å². The second kappa shape index (κ2) is 9.37. The van der Waals surface area contributed by atoms with E-state index in [0.717, 1.165) is 73.5 Å². The molecule has 0 spiro atoms. The van der Waals surface area contributed by atoms with Crippen LogP contribution in [0.1, 0.15) is 71.5 Å². The molecular formula is C27H29N5O2. The van der Waals surface area contributed by atoms with Gasteiger partial charge in [-0.1, -0.05) is 19.1 Å². The Morgan fingerprint density at radius 1 is 1.32 bits per heavy atom. The quantitative estimate of drug-likeness (QED) is 0.642. The second-order valence-corrected chi connectivity index (χ2v) is 9.10. The minimum atomic E-state index is -0.137. The molecule has 1 aliphatic carbocycles. The van der Waals surface area contributed by atoms with E-state index >= 15 is 0 Å². The lowest BCUT2D eigenvalue weighted by atomic mass is 9.95. The Morgan fingerprint density at radius 2 is 2.18 bits per heavy atom. The van der Waals surface area contributed by atoms with Crippen LogP contribution in [0.2, 0.25) is 0 Å². The van der Waals surface area contributed by atoms with Crippen LogP contribution in [0.3, 0.4) is 0 Å². The van der Waals surface area contributed by atoms with Crippen molar-refractivity contribution in [2.24, 2.45) is 0 Å². The van der Waals surface area contributed by atoms with Crippen LogP contribution >= 0.6 is 0 Å². The summed E-state index contributed by atoms with van der Waals surface area (Å²) in [5, 5.41) is 5.86. The van der Waals surface area contributed by atoms with Crippen LogP contribution in [-0.2, 0) is 11.3 Å². The van der Waals surface area contributed by atoms with Crippen LogP contribution < -0.4 is 10.6 Å². The molecule has 5 rings (SSSR count). The van der Waals surface area contributed by atoms with Gasteiger partial charge < -0.3 is 10.6 Å². The molecule has 0 atom stereocenters. The van der Waals surface area contributed by atoms with Crippen molar-refractivity contribution in [3.63, 3.8) is 0 Å². The van der Waals surface area contributed by atoms with E-state index in [1.165, 1.54) is 11.1 Å². The van der Waals surface area contributed by atoms with Crippen LogP contribution in [0.4, 0.5) is 5.69 Å². The van der Waals surface area contributed by atoms with Crippen molar-refractivity contribution in [2.75, 3.05) is 25.5 Å². The summed E-state index contributed by atoms with van der Waals surface area (Å²) < 4.78 is 0. The number of pyridine rings is 2. The van der Waals surface area contributed by atoms with Crippen LogP contribution in [0.25, 0.3) is 11.6 Å². The third-order valence-corrected chi connectivity index (χ3v) is 6.74. The Balaban J connectivity index is 1.30. The summed E-state index contributed by atoms with van der Waals surface area (Å²) in [6, 6.07) is 5.98. The average molecular weight is 456 g/mol. The lowest BCUT2D eigenvalue weighted by molar-refractivity contribution is 0.0958. The van der Waals surface area contributed by atoms with E-state index in [9.17, 15) is 9.59 Å². The molecule has 1 fully saturated rings. The van der Waals surface area contributed by atoms with Crippen molar-refractivity contribution in [2.45, 2.75) is 45.1 Å². The number of carbonyl (C=O) groups excluding carboxylic acids is 2. The summed E-state index contributed by atoms with van der Waals surface area (Å²) in [5.74, 6) is 2.35. The zero-order valence-corrected chi connectivity index (χ0v) is 19.6. The van der Waals surface area contributed by atoms with Crippen molar-refractivity contribution in [1.82, 2.24) is 20.2 Å². The number of carbonyl (C=O) groups is 1. The highest BCUT2D eigenvalue weighted by Gasteiger charge is 2.30. The van der Waals surface area contributed by atoms with E-state index in [2.05, 4.69) is 38.7 Å². The maximum atomic E-state index is 12.0. The van der Waals surface area contributed by atoms with Crippen LogP contribution in [0.5, 0.6) is 0 Å². The Labute approximate surface area is 199 Å². The SMILES string of the molecule is CCC1=Cc2ncc(CN3CC=C(c4ccc(C(=O)NC)nc4C4CC4)CC3)cc2NC1=C=O. The molecule has 0 unspecified atom stereocenters. The minimum Gasteiger partial charge on any atom is -0.354 e. The highest BCUT2D eigenvalue weighted by atomic mass is 16.1. The summed E-state index contributed by atoms with van der Waals surface area (Å²) in [5.41, 5.74) is 8.34. The van der Waals surface area contributed by atoms with E-state index in [-0.39, 0.29) is 5.91 Å². The molecule has 0 saturated heterocycles. The molecule has 7 nitrogen and oxygen atoms in total. The van der Waals surface area contributed by atoms with Crippen molar-refractivity contribution in [3.05, 3.63) is 70.0 Å². The molecule has 3 aliphatic rings. The van der Waals surface area contributed by atoms with E-state index in [4.69, 9.17) is 4.98 Å². The van der Waals surface area contributed by atoms with Gasteiger partial charge in [0.1, 0.15) is 11.4 Å². The van der Waals surface area contributed by atoms with Crippen molar-refractivity contribution in [1.29, 1.82) is 0 Å². The summed E-state index contributed by atoms with van der Waals surface area (Å²) in [6.45, 7) is 4.60. The lowest BCUT2D eigenvalue weighted by Crippen LogP contribution is -2.28. The van der Waals surface area contributed by atoms with Gasteiger partial charge in [0, 0.05) is 38.8 Å². The van der Waals surface area contributed by atoms with Gasteiger partial charge >= 0.3 is 0 Å². The molecular weight excluding hydrogens is 426 g/mol. The van der Waals surface area contributed by atoms with Gasteiger partial charge in [0.25, 0.3) is 5.91 Å². The smallest absolute Gasteiger partial charge is 0.269 e. The van der Waals surface area contributed by atoms with Gasteiger partial charge in [-0.2, -0.15) is 0 Å². The van der Waals surface area contributed by atoms with Gasteiger partial charge in [0.05, 0.1) is 17.1 Å². The molecule has 0 bridgehead atoms. The van der Waals surface area contributed by atoms with Crippen LogP contribution in [0, 0.1) is 0 Å². The van der Waals surface area contributed by atoms with E-state index in [1.54, 1.807) is 7.05 Å². The average Bonchev–Trinajstić information content (AvgIpc) is 3.73.